The fraction of sp³-hybridized carbons (Fsp3) is 0.611. The Kier molecular flexibility index (Phi) is 7.32. The lowest BCUT2D eigenvalue weighted by Gasteiger charge is -2.28. The van der Waals surface area contributed by atoms with Crippen molar-refractivity contribution in [3.63, 3.8) is 0 Å². The molecule has 10 nitrogen and oxygen atoms in total. The Hall–Kier alpha value is -1.76. The van der Waals surface area contributed by atoms with Gasteiger partial charge in [-0.25, -0.2) is 4.98 Å². The second-order valence-corrected chi connectivity index (χ2v) is 8.28. The average molecular weight is 460 g/mol. The fourth-order valence-electron chi connectivity index (χ4n) is 3.78. The minimum absolute atomic E-state index is 0. The van der Waals surface area contributed by atoms with E-state index in [9.17, 15) is 20.1 Å². The van der Waals surface area contributed by atoms with E-state index in [2.05, 4.69) is 20.3 Å². The van der Waals surface area contributed by atoms with Crippen LogP contribution in [0.15, 0.2) is 10.2 Å². The summed E-state index contributed by atoms with van der Waals surface area (Å²) >= 11 is 1.34. The van der Waals surface area contributed by atoms with Gasteiger partial charge >= 0.3 is 0 Å². The molecule has 5 N–H and O–H groups in total. The largest absolute Gasteiger partial charge is 0.396 e. The van der Waals surface area contributed by atoms with Gasteiger partial charge in [0.05, 0.1) is 25.4 Å². The van der Waals surface area contributed by atoms with Crippen molar-refractivity contribution < 1.29 is 20.1 Å². The number of halogens is 1. The maximum absolute atomic E-state index is 13.0. The third-order valence-corrected chi connectivity index (χ3v) is 6.39. The number of anilines is 2. The number of hydrogen-bond donors (Lipinski definition) is 5. The predicted octanol–water partition coefficient (Wildman–Crippen LogP) is -0.0253. The van der Waals surface area contributed by atoms with Crippen LogP contribution in [0.25, 0.3) is 10.6 Å². The van der Waals surface area contributed by atoms with Crippen LogP contribution < -0.4 is 15.8 Å². The van der Waals surface area contributed by atoms with Gasteiger partial charge in [-0.3, -0.25) is 9.78 Å². The smallest absolute Gasteiger partial charge is 0.264 e. The Labute approximate surface area is 183 Å². The topological polar surface area (TPSA) is 144 Å². The molecule has 2 aliphatic rings. The summed E-state index contributed by atoms with van der Waals surface area (Å²) in [5, 5.41) is 35.5. The molecule has 0 amide bonds. The highest BCUT2D eigenvalue weighted by Crippen LogP contribution is 2.32. The number of thiazole rings is 1. The Bertz CT molecular complexity index is 919. The summed E-state index contributed by atoms with van der Waals surface area (Å²) in [7, 11) is 0. The van der Waals surface area contributed by atoms with E-state index in [0.717, 1.165) is 5.69 Å². The molecule has 30 heavy (non-hydrogen) atoms. The molecule has 1 saturated heterocycles. The van der Waals surface area contributed by atoms with Crippen LogP contribution in [0.4, 0.5) is 11.8 Å². The van der Waals surface area contributed by atoms with Crippen molar-refractivity contribution in [1.29, 1.82) is 0 Å². The van der Waals surface area contributed by atoms with Crippen molar-refractivity contribution in [2.45, 2.75) is 31.6 Å². The van der Waals surface area contributed by atoms with Gasteiger partial charge in [-0.1, -0.05) is 0 Å². The zero-order valence-corrected chi connectivity index (χ0v) is 18.1. The van der Waals surface area contributed by atoms with Crippen LogP contribution in [-0.2, 0) is 4.74 Å². The van der Waals surface area contributed by atoms with E-state index in [-0.39, 0.29) is 24.6 Å². The summed E-state index contributed by atoms with van der Waals surface area (Å²) in [5.74, 6) is 0.290. The van der Waals surface area contributed by atoms with E-state index in [1.54, 1.807) is 0 Å². The van der Waals surface area contributed by atoms with Gasteiger partial charge in [-0.05, 0) is 13.3 Å². The molecule has 1 aliphatic carbocycles. The average Bonchev–Trinajstić information content (AvgIpc) is 3.26. The van der Waals surface area contributed by atoms with E-state index in [0.29, 0.717) is 55.1 Å². The highest BCUT2D eigenvalue weighted by atomic mass is 35.5. The van der Waals surface area contributed by atoms with E-state index >= 15 is 0 Å². The Morgan fingerprint density at radius 2 is 2.03 bits per heavy atom. The number of aliphatic hydroxyl groups excluding tert-OH is 3. The first kappa shape index (κ1) is 22.9. The first-order valence-corrected chi connectivity index (χ1v) is 10.5. The van der Waals surface area contributed by atoms with E-state index in [1.165, 1.54) is 11.3 Å². The third-order valence-electron chi connectivity index (χ3n) is 5.41. The number of ether oxygens (including phenoxy) is 1. The number of nitrogens with one attached hydrogen (secondary N) is 2. The lowest BCUT2D eigenvalue weighted by Crippen LogP contribution is -2.39. The van der Waals surface area contributed by atoms with E-state index in [4.69, 9.17) is 4.74 Å². The van der Waals surface area contributed by atoms with Gasteiger partial charge in [0.25, 0.3) is 5.56 Å². The lowest BCUT2D eigenvalue weighted by atomic mass is 10.1. The molecule has 0 bridgehead atoms. The minimum Gasteiger partial charge on any atom is -0.396 e. The number of rotatable bonds is 5. The summed E-state index contributed by atoms with van der Waals surface area (Å²) in [6.45, 7) is 3.93. The molecule has 4 rings (SSSR count). The number of hydrogen-bond acceptors (Lipinski definition) is 10. The summed E-state index contributed by atoms with van der Waals surface area (Å²) in [4.78, 5) is 26.8. The SMILES string of the molecule is Cc1csc(-c2c(N[C@@H]3C[C@H](CO)[C@@H](O)[C@H]3O)nc(N3CCOCC3)[nH]c2=O)n1.Cl. The Balaban J connectivity index is 0.00000256. The molecule has 166 valence electrons. The van der Waals surface area contributed by atoms with Gasteiger partial charge in [0.1, 0.15) is 22.5 Å². The second kappa shape index (κ2) is 9.58. The number of aromatic nitrogens is 3. The van der Waals surface area contributed by atoms with Crippen LogP contribution in [0.2, 0.25) is 0 Å². The van der Waals surface area contributed by atoms with Crippen LogP contribution in [-0.4, -0.2) is 81.4 Å². The summed E-state index contributed by atoms with van der Waals surface area (Å²) in [6.07, 6.45) is -1.76. The standard InChI is InChI=1S/C18H25N5O5S.ClH/c1-9-8-29-17(19-9)12-15(20-11-6-10(7-24)13(25)14(11)26)21-18(22-16(12)27)23-2-4-28-5-3-23;/h8,10-11,13-14,24-26H,2-7H2,1H3,(H2,20,21,22,27);1H/t10-,11-,13-,14+;/m1./s1. The van der Waals surface area contributed by atoms with Gasteiger partial charge in [0.2, 0.25) is 5.95 Å². The second-order valence-electron chi connectivity index (χ2n) is 7.42. The van der Waals surface area contributed by atoms with Crippen LogP contribution in [0.3, 0.4) is 0 Å². The number of aliphatic hydroxyl groups is 3. The third kappa shape index (κ3) is 4.46. The van der Waals surface area contributed by atoms with Gasteiger partial charge < -0.3 is 30.3 Å². The first-order chi connectivity index (χ1) is 14.0. The highest BCUT2D eigenvalue weighted by molar-refractivity contribution is 7.13. The molecule has 0 spiro atoms. The number of aryl methyl sites for hydroxylation is 1. The molecule has 0 aromatic carbocycles. The number of H-pyrrole nitrogens is 1. The number of aromatic amines is 1. The maximum Gasteiger partial charge on any atom is 0.264 e. The predicted molar refractivity (Wildman–Crippen MR) is 116 cm³/mol. The zero-order chi connectivity index (χ0) is 20.5. The molecule has 2 aromatic rings. The number of nitrogens with zero attached hydrogens (tertiary/aromatic N) is 3. The van der Waals surface area contributed by atoms with Crippen molar-refractivity contribution in [2.24, 2.45) is 5.92 Å². The Morgan fingerprint density at radius 3 is 2.63 bits per heavy atom. The van der Waals surface area contributed by atoms with Crippen LogP contribution in [0, 0.1) is 12.8 Å². The molecule has 1 saturated carbocycles. The molecular formula is C18H26ClN5O5S. The van der Waals surface area contributed by atoms with Gasteiger partial charge in [-0.15, -0.1) is 23.7 Å². The molecule has 3 heterocycles. The zero-order valence-electron chi connectivity index (χ0n) is 16.4. The molecule has 2 fully saturated rings. The van der Waals surface area contributed by atoms with Crippen molar-refractivity contribution in [3.05, 3.63) is 21.4 Å². The van der Waals surface area contributed by atoms with E-state index in [1.807, 2.05) is 17.2 Å². The van der Waals surface area contributed by atoms with Crippen molar-refractivity contribution in [1.82, 2.24) is 15.0 Å². The molecule has 2 aromatic heterocycles. The Morgan fingerprint density at radius 1 is 1.30 bits per heavy atom. The molecule has 0 unspecified atom stereocenters. The number of morpholine rings is 1. The molecule has 12 heteroatoms. The molecular weight excluding hydrogens is 434 g/mol. The van der Waals surface area contributed by atoms with Crippen molar-refractivity contribution >= 4 is 35.5 Å². The minimum atomic E-state index is -1.08. The van der Waals surface area contributed by atoms with Gasteiger partial charge in [0.15, 0.2) is 0 Å². The summed E-state index contributed by atoms with van der Waals surface area (Å²) in [6, 6.07) is -0.547. The normalized spacial score (nSPS) is 26.5. The fourth-order valence-corrected chi connectivity index (χ4v) is 4.62. The van der Waals surface area contributed by atoms with E-state index < -0.39 is 24.2 Å². The van der Waals surface area contributed by atoms with Crippen LogP contribution >= 0.6 is 23.7 Å². The molecule has 4 atom stereocenters. The van der Waals surface area contributed by atoms with Gasteiger partial charge in [-0.2, -0.15) is 4.98 Å². The van der Waals surface area contributed by atoms with Gasteiger partial charge in [0, 0.05) is 36.7 Å². The first-order valence-electron chi connectivity index (χ1n) is 9.61. The van der Waals surface area contributed by atoms with Crippen LogP contribution in [0.5, 0.6) is 0 Å². The monoisotopic (exact) mass is 459 g/mol. The lowest BCUT2D eigenvalue weighted by molar-refractivity contribution is 0.00446. The van der Waals surface area contributed by atoms with Crippen molar-refractivity contribution in [3.8, 4) is 10.6 Å². The van der Waals surface area contributed by atoms with Crippen LogP contribution in [0.1, 0.15) is 12.1 Å². The van der Waals surface area contributed by atoms with Crippen molar-refractivity contribution in [2.75, 3.05) is 43.1 Å². The highest BCUT2D eigenvalue weighted by Gasteiger charge is 2.41. The quantitative estimate of drug-likeness (QED) is 0.416. The summed E-state index contributed by atoms with van der Waals surface area (Å²) < 4.78 is 5.37. The summed E-state index contributed by atoms with van der Waals surface area (Å²) in [5.41, 5.74) is 0.767. The maximum atomic E-state index is 13.0. The molecule has 0 radical (unpaired) electrons. The molecule has 1 aliphatic heterocycles.